The summed E-state index contributed by atoms with van der Waals surface area (Å²) in [6.45, 7) is 4.32. The molecule has 3 rings (SSSR count). The molecule has 0 bridgehead atoms. The summed E-state index contributed by atoms with van der Waals surface area (Å²) in [5.74, 6) is 1.04. The van der Waals surface area contributed by atoms with Gasteiger partial charge in [0.2, 0.25) is 5.95 Å². The highest BCUT2D eigenvalue weighted by molar-refractivity contribution is 7.07. The van der Waals surface area contributed by atoms with Crippen molar-refractivity contribution in [3.05, 3.63) is 34.3 Å². The zero-order chi connectivity index (χ0) is 12.5. The second-order valence-electron chi connectivity index (χ2n) is 5.22. The second-order valence-corrected chi connectivity index (χ2v) is 6.00. The SMILES string of the molecule is Cc1cn(C(C)Cc2ccsc2)c(NC2CC2)n1. The zero-order valence-corrected chi connectivity index (χ0v) is 11.7. The number of hydrogen-bond acceptors (Lipinski definition) is 3. The summed E-state index contributed by atoms with van der Waals surface area (Å²) in [5, 5.41) is 7.89. The maximum Gasteiger partial charge on any atom is 0.203 e. The average molecular weight is 261 g/mol. The molecule has 1 unspecified atom stereocenters. The standard InChI is InChI=1S/C14H19N3S/c1-10-8-17(14(15-10)16-13-3-4-13)11(2)7-12-5-6-18-9-12/h5-6,8-9,11,13H,3-4,7H2,1-2H3,(H,15,16). The zero-order valence-electron chi connectivity index (χ0n) is 10.9. The van der Waals surface area contributed by atoms with Gasteiger partial charge in [-0.15, -0.1) is 0 Å². The van der Waals surface area contributed by atoms with E-state index in [0.29, 0.717) is 12.1 Å². The monoisotopic (exact) mass is 261 g/mol. The van der Waals surface area contributed by atoms with E-state index in [4.69, 9.17) is 0 Å². The molecule has 0 spiro atoms. The van der Waals surface area contributed by atoms with Gasteiger partial charge in [0.05, 0.1) is 5.69 Å². The predicted molar refractivity (Wildman–Crippen MR) is 76.3 cm³/mol. The number of anilines is 1. The van der Waals surface area contributed by atoms with Gasteiger partial charge in [0, 0.05) is 18.3 Å². The number of aromatic nitrogens is 2. The van der Waals surface area contributed by atoms with Gasteiger partial charge in [-0.3, -0.25) is 0 Å². The van der Waals surface area contributed by atoms with Crippen LogP contribution in [0.4, 0.5) is 5.95 Å². The summed E-state index contributed by atoms with van der Waals surface area (Å²) in [6.07, 6.45) is 5.79. The largest absolute Gasteiger partial charge is 0.353 e. The Morgan fingerprint density at radius 1 is 1.56 bits per heavy atom. The molecule has 1 N–H and O–H groups in total. The van der Waals surface area contributed by atoms with Gasteiger partial charge in [-0.2, -0.15) is 11.3 Å². The third-order valence-corrected chi connectivity index (χ3v) is 4.08. The van der Waals surface area contributed by atoms with E-state index in [9.17, 15) is 0 Å². The molecule has 96 valence electrons. The molecule has 0 aliphatic heterocycles. The first-order valence-electron chi connectivity index (χ1n) is 6.55. The van der Waals surface area contributed by atoms with Crippen molar-refractivity contribution < 1.29 is 0 Å². The lowest BCUT2D eigenvalue weighted by Crippen LogP contribution is -2.13. The van der Waals surface area contributed by atoms with Gasteiger partial charge in [-0.1, -0.05) is 0 Å². The van der Waals surface area contributed by atoms with Crippen LogP contribution in [-0.2, 0) is 6.42 Å². The van der Waals surface area contributed by atoms with E-state index in [1.807, 2.05) is 0 Å². The van der Waals surface area contributed by atoms with E-state index in [0.717, 1.165) is 18.1 Å². The molecule has 1 atom stereocenters. The lowest BCUT2D eigenvalue weighted by atomic mass is 10.1. The van der Waals surface area contributed by atoms with Crippen LogP contribution >= 0.6 is 11.3 Å². The Morgan fingerprint density at radius 3 is 3.06 bits per heavy atom. The number of aryl methyl sites for hydroxylation is 1. The summed E-state index contributed by atoms with van der Waals surface area (Å²) in [4.78, 5) is 4.60. The summed E-state index contributed by atoms with van der Waals surface area (Å²) >= 11 is 1.77. The minimum Gasteiger partial charge on any atom is -0.353 e. The fourth-order valence-electron chi connectivity index (χ4n) is 2.22. The Hall–Kier alpha value is -1.29. The van der Waals surface area contributed by atoms with E-state index < -0.39 is 0 Å². The molecule has 1 aliphatic carbocycles. The van der Waals surface area contributed by atoms with Crippen LogP contribution in [0.3, 0.4) is 0 Å². The van der Waals surface area contributed by atoms with Crippen LogP contribution < -0.4 is 5.32 Å². The van der Waals surface area contributed by atoms with Gasteiger partial charge >= 0.3 is 0 Å². The summed E-state index contributed by atoms with van der Waals surface area (Å²) in [6, 6.07) is 3.31. The Bertz CT molecular complexity index is 511. The molecule has 0 amide bonds. The summed E-state index contributed by atoms with van der Waals surface area (Å²) in [5.41, 5.74) is 2.51. The van der Waals surface area contributed by atoms with Crippen molar-refractivity contribution in [2.24, 2.45) is 0 Å². The van der Waals surface area contributed by atoms with Gasteiger partial charge in [0.1, 0.15) is 0 Å². The predicted octanol–water partition coefficient (Wildman–Crippen LogP) is 3.63. The first-order chi connectivity index (χ1) is 8.72. The third-order valence-electron chi connectivity index (χ3n) is 3.35. The maximum atomic E-state index is 4.60. The number of hydrogen-bond donors (Lipinski definition) is 1. The van der Waals surface area contributed by atoms with Crippen molar-refractivity contribution in [3.63, 3.8) is 0 Å². The highest BCUT2D eigenvalue weighted by atomic mass is 32.1. The van der Waals surface area contributed by atoms with Crippen molar-refractivity contribution in [2.45, 2.75) is 45.2 Å². The molecule has 1 aliphatic rings. The molecule has 0 radical (unpaired) electrons. The molecule has 2 aromatic rings. The summed E-state index contributed by atoms with van der Waals surface area (Å²) < 4.78 is 2.28. The Kier molecular flexibility index (Phi) is 3.12. The number of thiophene rings is 1. The maximum absolute atomic E-state index is 4.60. The molecule has 0 aromatic carbocycles. The van der Waals surface area contributed by atoms with Gasteiger partial charge in [0.15, 0.2) is 0 Å². The van der Waals surface area contributed by atoms with Gasteiger partial charge in [-0.25, -0.2) is 4.98 Å². The smallest absolute Gasteiger partial charge is 0.203 e. The second kappa shape index (κ2) is 4.76. The molecule has 1 saturated carbocycles. The molecule has 1 fully saturated rings. The van der Waals surface area contributed by atoms with E-state index in [1.165, 1.54) is 18.4 Å². The molecule has 4 heteroatoms. The van der Waals surface area contributed by atoms with Gasteiger partial charge < -0.3 is 9.88 Å². The van der Waals surface area contributed by atoms with Crippen molar-refractivity contribution in [1.29, 1.82) is 0 Å². The number of rotatable bonds is 5. The van der Waals surface area contributed by atoms with Crippen LogP contribution in [0.1, 0.15) is 37.1 Å². The van der Waals surface area contributed by atoms with Crippen molar-refractivity contribution in [1.82, 2.24) is 9.55 Å². The molecular formula is C14H19N3S. The van der Waals surface area contributed by atoms with Crippen LogP contribution in [-0.4, -0.2) is 15.6 Å². The Morgan fingerprint density at radius 2 is 2.39 bits per heavy atom. The summed E-state index contributed by atoms with van der Waals surface area (Å²) in [7, 11) is 0. The third kappa shape index (κ3) is 2.58. The number of nitrogens with one attached hydrogen (secondary N) is 1. The highest BCUT2D eigenvalue weighted by Crippen LogP contribution is 2.27. The van der Waals surface area contributed by atoms with Gasteiger partial charge in [0.25, 0.3) is 0 Å². The molecule has 0 saturated heterocycles. The van der Waals surface area contributed by atoms with Crippen LogP contribution in [0.2, 0.25) is 0 Å². The first kappa shape index (κ1) is 11.8. The fraction of sp³-hybridized carbons (Fsp3) is 0.500. The average Bonchev–Trinajstić information content (AvgIpc) is 2.85. The minimum atomic E-state index is 0.446. The van der Waals surface area contributed by atoms with Crippen molar-refractivity contribution in [2.75, 3.05) is 5.32 Å². The minimum absolute atomic E-state index is 0.446. The Balaban J connectivity index is 1.76. The lowest BCUT2D eigenvalue weighted by Gasteiger charge is -2.16. The molecular weight excluding hydrogens is 242 g/mol. The lowest BCUT2D eigenvalue weighted by molar-refractivity contribution is 0.549. The molecule has 2 aromatic heterocycles. The molecule has 2 heterocycles. The first-order valence-corrected chi connectivity index (χ1v) is 7.50. The van der Waals surface area contributed by atoms with E-state index in [1.54, 1.807) is 11.3 Å². The van der Waals surface area contributed by atoms with Crippen LogP contribution in [0.5, 0.6) is 0 Å². The quantitative estimate of drug-likeness (QED) is 0.890. The van der Waals surface area contributed by atoms with E-state index in [2.05, 4.69) is 51.7 Å². The van der Waals surface area contributed by atoms with Crippen molar-refractivity contribution in [3.8, 4) is 0 Å². The molecule has 3 nitrogen and oxygen atoms in total. The van der Waals surface area contributed by atoms with Crippen molar-refractivity contribution >= 4 is 17.3 Å². The molecule has 18 heavy (non-hydrogen) atoms. The Labute approximate surface area is 112 Å². The normalized spacial score (nSPS) is 16.8. The van der Waals surface area contributed by atoms with Crippen LogP contribution in [0, 0.1) is 6.92 Å². The van der Waals surface area contributed by atoms with Gasteiger partial charge in [-0.05, 0) is 55.5 Å². The topological polar surface area (TPSA) is 29.9 Å². The van der Waals surface area contributed by atoms with E-state index >= 15 is 0 Å². The van der Waals surface area contributed by atoms with Crippen LogP contribution in [0.15, 0.2) is 23.0 Å². The fourth-order valence-corrected chi connectivity index (χ4v) is 2.90. The highest BCUT2D eigenvalue weighted by Gasteiger charge is 2.24. The number of imidazole rings is 1. The van der Waals surface area contributed by atoms with E-state index in [-0.39, 0.29) is 0 Å². The number of nitrogens with zero attached hydrogens (tertiary/aromatic N) is 2. The van der Waals surface area contributed by atoms with Crippen LogP contribution in [0.25, 0.3) is 0 Å².